The minimum absolute atomic E-state index is 0.258. The van der Waals surface area contributed by atoms with Crippen LogP contribution in [-0.2, 0) is 16.6 Å². The lowest BCUT2D eigenvalue weighted by Gasteiger charge is -2.51. The van der Waals surface area contributed by atoms with Gasteiger partial charge in [0.1, 0.15) is 16.8 Å². The molecule has 3 unspecified atom stereocenters. The molecule has 0 radical (unpaired) electrons. The predicted molar refractivity (Wildman–Crippen MR) is 131 cm³/mol. The Morgan fingerprint density at radius 2 is 1.82 bits per heavy atom. The van der Waals surface area contributed by atoms with Gasteiger partial charge in [0.2, 0.25) is 0 Å². The van der Waals surface area contributed by atoms with E-state index in [0.29, 0.717) is 38.1 Å². The molecule has 0 saturated carbocycles. The lowest BCUT2D eigenvalue weighted by Crippen LogP contribution is -2.65. The first-order valence-electron chi connectivity index (χ1n) is 12.2. The number of nitrogens with zero attached hydrogens (tertiary/aromatic N) is 2. The molecule has 5 rings (SSSR count). The number of para-hydroxylation sites is 1. The Morgan fingerprint density at radius 3 is 2.56 bits per heavy atom. The molecule has 3 atom stereocenters. The van der Waals surface area contributed by atoms with E-state index in [1.165, 1.54) is 11.4 Å². The number of hydrogen-bond acceptors (Lipinski definition) is 6. The number of benzene rings is 2. The maximum Gasteiger partial charge on any atom is 0.272 e. The largest absolute Gasteiger partial charge is 0.496 e. The van der Waals surface area contributed by atoms with Crippen LogP contribution in [0.5, 0.6) is 5.75 Å². The molecule has 7 nitrogen and oxygen atoms in total. The summed E-state index contributed by atoms with van der Waals surface area (Å²) >= 11 is 0. The van der Waals surface area contributed by atoms with E-state index in [0.717, 1.165) is 31.2 Å². The molecule has 8 heteroatoms. The number of carbonyl (C=O) groups is 1. The van der Waals surface area contributed by atoms with Crippen LogP contribution >= 0.6 is 0 Å². The summed E-state index contributed by atoms with van der Waals surface area (Å²) < 4.78 is 35.1. The van der Waals surface area contributed by atoms with E-state index in [1.807, 2.05) is 18.2 Å². The third-order valence-electron chi connectivity index (χ3n) is 7.69. The van der Waals surface area contributed by atoms with Crippen molar-refractivity contribution in [2.75, 3.05) is 13.7 Å². The molecular weight excluding hydrogens is 450 g/mol. The number of amides is 1. The zero-order chi connectivity index (χ0) is 23.8. The van der Waals surface area contributed by atoms with E-state index in [-0.39, 0.29) is 11.6 Å². The number of hydrogen-bond donors (Lipinski definition) is 1. The third-order valence-corrected chi connectivity index (χ3v) is 9.83. The van der Waals surface area contributed by atoms with Crippen molar-refractivity contribution >= 4 is 15.9 Å². The predicted octanol–water partition coefficient (Wildman–Crippen LogP) is 3.72. The van der Waals surface area contributed by atoms with Crippen LogP contribution in [0.1, 0.15) is 60.9 Å². The molecule has 2 aromatic carbocycles. The number of carbonyl (C=O) groups excluding carboxylic acids is 1. The van der Waals surface area contributed by atoms with Crippen LogP contribution in [0.15, 0.2) is 54.6 Å². The summed E-state index contributed by atoms with van der Waals surface area (Å²) in [7, 11) is -2.46. The fraction of sp³-hybridized carbons (Fsp3) is 0.500. The lowest BCUT2D eigenvalue weighted by molar-refractivity contribution is -0.0271. The maximum atomic E-state index is 14.2. The van der Waals surface area contributed by atoms with Gasteiger partial charge in [-0.1, -0.05) is 42.5 Å². The lowest BCUT2D eigenvalue weighted by atomic mass is 9.95. The molecule has 1 amide bonds. The molecule has 182 valence electrons. The second kappa shape index (κ2) is 9.32. The van der Waals surface area contributed by atoms with Crippen molar-refractivity contribution in [3.8, 4) is 5.75 Å². The Bertz CT molecular complexity index is 1130. The van der Waals surface area contributed by atoms with Gasteiger partial charge >= 0.3 is 0 Å². The van der Waals surface area contributed by atoms with Gasteiger partial charge in [-0.15, -0.1) is 0 Å². The molecule has 2 bridgehead atoms. The average Bonchev–Trinajstić information content (AvgIpc) is 3.45. The Hall–Kier alpha value is -2.42. The summed E-state index contributed by atoms with van der Waals surface area (Å²) in [6, 6.07) is 17.3. The smallest absolute Gasteiger partial charge is 0.272 e. The van der Waals surface area contributed by atoms with Crippen LogP contribution in [-0.4, -0.2) is 54.3 Å². The molecule has 34 heavy (non-hydrogen) atoms. The number of ether oxygens (including phenoxy) is 1. The quantitative estimate of drug-likeness (QED) is 0.647. The van der Waals surface area contributed by atoms with Crippen molar-refractivity contribution in [3.05, 3.63) is 65.7 Å². The van der Waals surface area contributed by atoms with E-state index in [1.54, 1.807) is 24.3 Å². The Kier molecular flexibility index (Phi) is 6.39. The second-order valence-corrected chi connectivity index (χ2v) is 11.5. The fourth-order valence-corrected chi connectivity index (χ4v) is 8.25. The van der Waals surface area contributed by atoms with Gasteiger partial charge in [0.05, 0.1) is 12.7 Å². The summed E-state index contributed by atoms with van der Waals surface area (Å²) in [5.41, 5.74) is 0.538. The van der Waals surface area contributed by atoms with E-state index in [9.17, 15) is 13.2 Å². The molecule has 1 N–H and O–H groups in total. The van der Waals surface area contributed by atoms with Gasteiger partial charge in [-0.25, -0.2) is 12.7 Å². The van der Waals surface area contributed by atoms with Gasteiger partial charge in [0.25, 0.3) is 15.9 Å². The number of rotatable bonds is 7. The number of methoxy groups -OCH3 is 1. The van der Waals surface area contributed by atoms with Crippen molar-refractivity contribution in [3.63, 3.8) is 0 Å². The van der Waals surface area contributed by atoms with E-state index >= 15 is 0 Å². The van der Waals surface area contributed by atoms with Gasteiger partial charge in [0.15, 0.2) is 0 Å². The van der Waals surface area contributed by atoms with Gasteiger partial charge in [-0.05, 0) is 69.2 Å². The summed E-state index contributed by atoms with van der Waals surface area (Å²) in [5.74, 6) is -0.102. The van der Waals surface area contributed by atoms with Gasteiger partial charge in [0, 0.05) is 12.6 Å². The van der Waals surface area contributed by atoms with Crippen LogP contribution in [0, 0.1) is 0 Å². The molecule has 3 fully saturated rings. The maximum absolute atomic E-state index is 14.2. The van der Waals surface area contributed by atoms with Crippen molar-refractivity contribution in [2.45, 2.75) is 68.6 Å². The van der Waals surface area contributed by atoms with Crippen molar-refractivity contribution in [1.29, 1.82) is 0 Å². The van der Waals surface area contributed by atoms with Crippen molar-refractivity contribution in [2.24, 2.45) is 0 Å². The van der Waals surface area contributed by atoms with Gasteiger partial charge < -0.3 is 4.74 Å². The standard InChI is InChI=1S/C26H33N3O4S/c1-33-23-13-6-5-12-22(23)25(30)29(34(31,32)24-14-8-18-27-24)26-16-7-11-21(15-17-26)28(26)19-20-9-3-2-4-10-20/h2-6,9-10,12-13,21,24,27H,7-8,11,14-19H2,1H3. The van der Waals surface area contributed by atoms with Crippen molar-refractivity contribution < 1.29 is 17.9 Å². The van der Waals surface area contributed by atoms with Crippen LogP contribution in [0.2, 0.25) is 0 Å². The Labute approximate surface area is 202 Å². The molecule has 3 aliphatic heterocycles. The molecule has 0 spiro atoms. The van der Waals surface area contributed by atoms with E-state index in [2.05, 4.69) is 22.3 Å². The highest BCUT2D eigenvalue weighted by Crippen LogP contribution is 2.49. The average molecular weight is 484 g/mol. The first-order valence-corrected chi connectivity index (χ1v) is 13.7. The normalized spacial score (nSPS) is 27.0. The zero-order valence-electron chi connectivity index (χ0n) is 19.7. The molecular formula is C26H33N3O4S. The van der Waals surface area contributed by atoms with Crippen LogP contribution < -0.4 is 10.1 Å². The topological polar surface area (TPSA) is 79.0 Å². The highest BCUT2D eigenvalue weighted by atomic mass is 32.2. The molecule has 3 heterocycles. The second-order valence-electron chi connectivity index (χ2n) is 9.58. The molecule has 3 aliphatic rings. The Morgan fingerprint density at radius 1 is 1.06 bits per heavy atom. The number of piperidine rings is 1. The minimum atomic E-state index is -3.97. The number of fused-ring (bicyclic) bond motifs is 2. The molecule has 3 saturated heterocycles. The first kappa shape index (κ1) is 23.3. The van der Waals surface area contributed by atoms with Crippen LogP contribution in [0.25, 0.3) is 0 Å². The number of sulfonamides is 1. The number of nitrogens with one attached hydrogen (secondary N) is 1. The SMILES string of the molecule is COc1ccccc1C(=O)N(C12CCCC(CC1)N2Cc1ccccc1)S(=O)(=O)C1CCCN1. The fourth-order valence-electron chi connectivity index (χ4n) is 6.11. The summed E-state index contributed by atoms with van der Waals surface area (Å²) in [5, 5.41) is 2.39. The summed E-state index contributed by atoms with van der Waals surface area (Å²) in [6.45, 7) is 1.26. The Balaban J connectivity index is 1.63. The van der Waals surface area contributed by atoms with Crippen LogP contribution in [0.4, 0.5) is 0 Å². The van der Waals surface area contributed by atoms with Gasteiger partial charge in [-0.3, -0.25) is 15.0 Å². The van der Waals surface area contributed by atoms with Crippen LogP contribution in [0.3, 0.4) is 0 Å². The van der Waals surface area contributed by atoms with E-state index in [4.69, 9.17) is 4.74 Å². The molecule has 0 aliphatic carbocycles. The molecule has 0 aromatic heterocycles. The summed E-state index contributed by atoms with van der Waals surface area (Å²) in [4.78, 5) is 16.5. The zero-order valence-corrected chi connectivity index (χ0v) is 20.5. The van der Waals surface area contributed by atoms with Crippen molar-refractivity contribution in [1.82, 2.24) is 14.5 Å². The van der Waals surface area contributed by atoms with E-state index < -0.39 is 27.0 Å². The first-order chi connectivity index (χ1) is 16.5. The summed E-state index contributed by atoms with van der Waals surface area (Å²) in [6.07, 6.45) is 5.39. The molecule has 2 aromatic rings. The highest BCUT2D eigenvalue weighted by Gasteiger charge is 2.58. The van der Waals surface area contributed by atoms with Gasteiger partial charge in [-0.2, -0.15) is 0 Å². The monoisotopic (exact) mass is 483 g/mol. The highest BCUT2D eigenvalue weighted by molar-refractivity contribution is 7.90. The minimum Gasteiger partial charge on any atom is -0.496 e. The third kappa shape index (κ3) is 3.91.